The Morgan fingerprint density at radius 2 is 1.81 bits per heavy atom. The first kappa shape index (κ1) is 20.3. The molecular formula is C23H16ClN3O4. The van der Waals surface area contributed by atoms with Crippen LogP contribution in [0.3, 0.4) is 0 Å². The average Bonchev–Trinajstić information content (AvgIpc) is 2.78. The van der Waals surface area contributed by atoms with Crippen molar-refractivity contribution in [3.8, 4) is 17.0 Å². The maximum absolute atomic E-state index is 13.2. The van der Waals surface area contributed by atoms with Gasteiger partial charge in [-0.2, -0.15) is 0 Å². The molecule has 1 amide bonds. The van der Waals surface area contributed by atoms with Crippen molar-refractivity contribution in [2.24, 2.45) is 0 Å². The van der Waals surface area contributed by atoms with Crippen LogP contribution in [0.15, 0.2) is 72.8 Å². The maximum atomic E-state index is 13.2. The number of rotatable bonds is 5. The second-order valence-corrected chi connectivity index (χ2v) is 7.06. The number of nitrogens with zero attached hydrogens (tertiary/aromatic N) is 2. The number of ether oxygens (including phenoxy) is 1. The quantitative estimate of drug-likeness (QED) is 0.320. The predicted octanol–water partition coefficient (Wildman–Crippen LogP) is 5.72. The Kier molecular flexibility index (Phi) is 5.51. The Morgan fingerprint density at radius 3 is 2.55 bits per heavy atom. The van der Waals surface area contributed by atoms with E-state index in [4.69, 9.17) is 16.3 Å². The molecule has 154 valence electrons. The van der Waals surface area contributed by atoms with E-state index in [0.717, 1.165) is 0 Å². The highest BCUT2D eigenvalue weighted by molar-refractivity contribution is 6.33. The number of para-hydroxylation sites is 1. The number of halogens is 1. The Morgan fingerprint density at radius 1 is 1.06 bits per heavy atom. The van der Waals surface area contributed by atoms with Gasteiger partial charge >= 0.3 is 0 Å². The summed E-state index contributed by atoms with van der Waals surface area (Å²) in [6, 6.07) is 20.2. The Hall–Kier alpha value is -3.97. The fourth-order valence-electron chi connectivity index (χ4n) is 3.26. The summed E-state index contributed by atoms with van der Waals surface area (Å²) >= 11 is 6.34. The molecule has 0 bridgehead atoms. The van der Waals surface area contributed by atoms with Crippen LogP contribution in [-0.4, -0.2) is 22.9 Å². The van der Waals surface area contributed by atoms with Crippen molar-refractivity contribution in [3.05, 3.63) is 93.5 Å². The van der Waals surface area contributed by atoms with Gasteiger partial charge in [-0.1, -0.05) is 48.0 Å². The highest BCUT2D eigenvalue weighted by Crippen LogP contribution is 2.32. The number of nitro benzene ring substituents is 1. The lowest BCUT2D eigenvalue weighted by molar-refractivity contribution is -0.384. The maximum Gasteiger partial charge on any atom is 0.273 e. The average molecular weight is 434 g/mol. The van der Waals surface area contributed by atoms with Crippen LogP contribution in [0, 0.1) is 10.1 Å². The smallest absolute Gasteiger partial charge is 0.273 e. The van der Waals surface area contributed by atoms with E-state index in [2.05, 4.69) is 10.3 Å². The number of hydrogen-bond acceptors (Lipinski definition) is 5. The summed E-state index contributed by atoms with van der Waals surface area (Å²) in [4.78, 5) is 28.4. The summed E-state index contributed by atoms with van der Waals surface area (Å²) in [5, 5.41) is 15.0. The molecule has 1 N–H and O–H groups in total. The Bertz CT molecular complexity index is 1320. The predicted molar refractivity (Wildman–Crippen MR) is 120 cm³/mol. The zero-order valence-corrected chi connectivity index (χ0v) is 17.1. The fourth-order valence-corrected chi connectivity index (χ4v) is 3.49. The number of benzene rings is 3. The topological polar surface area (TPSA) is 94.4 Å². The van der Waals surface area contributed by atoms with Gasteiger partial charge < -0.3 is 10.1 Å². The zero-order chi connectivity index (χ0) is 22.0. The summed E-state index contributed by atoms with van der Waals surface area (Å²) in [5.74, 6) is -0.216. The van der Waals surface area contributed by atoms with Gasteiger partial charge in [-0.25, -0.2) is 4.98 Å². The SMILES string of the molecule is COc1cc([N+](=O)[O-])ccc1NC(=O)c1cc(-c2ccccc2Cl)nc2ccccc12. The van der Waals surface area contributed by atoms with Gasteiger partial charge in [0.1, 0.15) is 5.75 Å². The summed E-state index contributed by atoms with van der Waals surface area (Å²) in [5.41, 5.74) is 2.48. The van der Waals surface area contributed by atoms with Crippen LogP contribution in [0.5, 0.6) is 5.75 Å². The number of nitro groups is 1. The number of non-ortho nitro benzene ring substituents is 1. The molecular weight excluding hydrogens is 418 g/mol. The molecule has 0 aliphatic heterocycles. The van der Waals surface area contributed by atoms with Crippen LogP contribution in [-0.2, 0) is 0 Å². The minimum atomic E-state index is -0.527. The second kappa shape index (κ2) is 8.41. The van der Waals surface area contributed by atoms with Gasteiger partial charge in [0.25, 0.3) is 11.6 Å². The van der Waals surface area contributed by atoms with Gasteiger partial charge in [-0.15, -0.1) is 0 Å². The third-order valence-electron chi connectivity index (χ3n) is 4.75. The molecule has 0 saturated carbocycles. The van der Waals surface area contributed by atoms with E-state index < -0.39 is 10.8 Å². The van der Waals surface area contributed by atoms with Crippen LogP contribution in [0.4, 0.5) is 11.4 Å². The number of carbonyl (C=O) groups is 1. The van der Waals surface area contributed by atoms with E-state index in [1.165, 1.54) is 25.3 Å². The number of nitrogens with one attached hydrogen (secondary N) is 1. The van der Waals surface area contributed by atoms with Crippen LogP contribution < -0.4 is 10.1 Å². The molecule has 1 heterocycles. The summed E-state index contributed by atoms with van der Waals surface area (Å²) in [6.07, 6.45) is 0. The fraction of sp³-hybridized carbons (Fsp3) is 0.0435. The Labute approximate surface area is 182 Å². The van der Waals surface area contributed by atoms with E-state index in [-0.39, 0.29) is 11.4 Å². The van der Waals surface area contributed by atoms with Gasteiger partial charge in [0.2, 0.25) is 0 Å². The molecule has 31 heavy (non-hydrogen) atoms. The highest BCUT2D eigenvalue weighted by Gasteiger charge is 2.18. The number of amides is 1. The van der Waals surface area contributed by atoms with E-state index in [1.54, 1.807) is 18.2 Å². The largest absolute Gasteiger partial charge is 0.494 e. The van der Waals surface area contributed by atoms with Crippen LogP contribution in [0.1, 0.15) is 10.4 Å². The molecule has 8 heteroatoms. The van der Waals surface area contributed by atoms with Gasteiger partial charge in [0.05, 0.1) is 40.6 Å². The highest BCUT2D eigenvalue weighted by atomic mass is 35.5. The van der Waals surface area contributed by atoms with Crippen molar-refractivity contribution < 1.29 is 14.5 Å². The van der Waals surface area contributed by atoms with Gasteiger partial charge in [0, 0.05) is 22.0 Å². The van der Waals surface area contributed by atoms with Crippen molar-refractivity contribution in [2.45, 2.75) is 0 Å². The summed E-state index contributed by atoms with van der Waals surface area (Å²) in [6.45, 7) is 0. The van der Waals surface area contributed by atoms with E-state index in [0.29, 0.717) is 38.4 Å². The summed E-state index contributed by atoms with van der Waals surface area (Å²) in [7, 11) is 1.38. The Balaban J connectivity index is 1.80. The van der Waals surface area contributed by atoms with Gasteiger partial charge in [-0.05, 0) is 24.3 Å². The monoisotopic (exact) mass is 433 g/mol. The van der Waals surface area contributed by atoms with Crippen molar-refractivity contribution >= 4 is 39.8 Å². The van der Waals surface area contributed by atoms with Gasteiger partial charge in [-0.3, -0.25) is 14.9 Å². The molecule has 3 aromatic carbocycles. The van der Waals surface area contributed by atoms with E-state index in [9.17, 15) is 14.9 Å². The van der Waals surface area contributed by atoms with E-state index in [1.807, 2.05) is 36.4 Å². The molecule has 0 radical (unpaired) electrons. The third kappa shape index (κ3) is 4.04. The minimum absolute atomic E-state index is 0.134. The lowest BCUT2D eigenvalue weighted by Crippen LogP contribution is -2.14. The lowest BCUT2D eigenvalue weighted by Gasteiger charge is -2.13. The first-order chi connectivity index (χ1) is 15.0. The number of fused-ring (bicyclic) bond motifs is 1. The molecule has 0 unspecified atom stereocenters. The van der Waals surface area contributed by atoms with Crippen LogP contribution in [0.2, 0.25) is 5.02 Å². The first-order valence-electron chi connectivity index (χ1n) is 9.26. The second-order valence-electron chi connectivity index (χ2n) is 6.65. The van der Waals surface area contributed by atoms with Crippen LogP contribution in [0.25, 0.3) is 22.2 Å². The van der Waals surface area contributed by atoms with Crippen molar-refractivity contribution in [3.63, 3.8) is 0 Å². The summed E-state index contributed by atoms with van der Waals surface area (Å²) < 4.78 is 5.22. The zero-order valence-electron chi connectivity index (χ0n) is 16.3. The standard InChI is InChI=1S/C23H16ClN3O4/c1-31-22-12-14(27(29)30)10-11-20(22)26-23(28)17-13-21(16-7-2-4-8-18(16)24)25-19-9-5-3-6-15(17)19/h2-13H,1H3,(H,26,28). The lowest BCUT2D eigenvalue weighted by atomic mass is 10.0. The number of pyridine rings is 1. The minimum Gasteiger partial charge on any atom is -0.494 e. The number of hydrogen-bond donors (Lipinski definition) is 1. The molecule has 0 aliphatic rings. The van der Waals surface area contributed by atoms with Crippen LogP contribution >= 0.6 is 11.6 Å². The molecule has 4 aromatic rings. The molecule has 4 rings (SSSR count). The number of anilines is 1. The van der Waals surface area contributed by atoms with Crippen molar-refractivity contribution in [2.75, 3.05) is 12.4 Å². The van der Waals surface area contributed by atoms with Crippen molar-refractivity contribution in [1.29, 1.82) is 0 Å². The molecule has 0 fully saturated rings. The molecule has 0 saturated heterocycles. The van der Waals surface area contributed by atoms with Gasteiger partial charge in [0.15, 0.2) is 0 Å². The molecule has 0 atom stereocenters. The molecule has 0 aliphatic carbocycles. The third-order valence-corrected chi connectivity index (χ3v) is 5.08. The molecule has 1 aromatic heterocycles. The normalized spacial score (nSPS) is 10.6. The van der Waals surface area contributed by atoms with Crippen molar-refractivity contribution in [1.82, 2.24) is 4.98 Å². The number of methoxy groups -OCH3 is 1. The first-order valence-corrected chi connectivity index (χ1v) is 9.64. The number of aromatic nitrogens is 1. The van der Waals surface area contributed by atoms with E-state index >= 15 is 0 Å². The number of carbonyl (C=O) groups excluding carboxylic acids is 1. The molecule has 0 spiro atoms. The molecule has 7 nitrogen and oxygen atoms in total.